The summed E-state index contributed by atoms with van der Waals surface area (Å²) in [6.07, 6.45) is 1.76. The van der Waals surface area contributed by atoms with E-state index in [0.717, 1.165) is 47.9 Å². The molecule has 1 saturated heterocycles. The molecule has 1 unspecified atom stereocenters. The molecule has 0 saturated carbocycles. The highest BCUT2D eigenvalue weighted by atomic mass is 35.5. The lowest BCUT2D eigenvalue weighted by Crippen LogP contribution is -2.40. The molecule has 3 aromatic rings. The Bertz CT molecular complexity index is 1140. The molecule has 7 heteroatoms. The molecule has 0 bridgehead atoms. The van der Waals surface area contributed by atoms with Gasteiger partial charge in [0.25, 0.3) is 5.56 Å². The van der Waals surface area contributed by atoms with Crippen LogP contribution in [0.4, 0.5) is 5.69 Å². The number of halogens is 1. The van der Waals surface area contributed by atoms with Crippen molar-refractivity contribution >= 4 is 23.2 Å². The molecule has 1 amide bonds. The molecule has 2 aromatic carbocycles. The van der Waals surface area contributed by atoms with E-state index in [1.807, 2.05) is 62.5 Å². The fraction of sp³-hybridized carbons (Fsp3) is 0.333. The number of nitrogens with one attached hydrogen (secondary N) is 1. The van der Waals surface area contributed by atoms with Gasteiger partial charge in [0.1, 0.15) is 5.69 Å². The van der Waals surface area contributed by atoms with E-state index in [0.29, 0.717) is 12.2 Å². The van der Waals surface area contributed by atoms with Crippen molar-refractivity contribution in [1.82, 2.24) is 14.3 Å². The lowest BCUT2D eigenvalue weighted by Gasteiger charge is -2.32. The first-order valence-corrected chi connectivity index (χ1v) is 10.9. The van der Waals surface area contributed by atoms with E-state index in [1.165, 1.54) is 0 Å². The van der Waals surface area contributed by atoms with Crippen molar-refractivity contribution in [2.45, 2.75) is 26.3 Å². The van der Waals surface area contributed by atoms with Gasteiger partial charge < -0.3 is 5.32 Å². The van der Waals surface area contributed by atoms with E-state index < -0.39 is 0 Å². The monoisotopic (exact) mass is 438 g/mol. The molecule has 1 N–H and O–H groups in total. The van der Waals surface area contributed by atoms with Gasteiger partial charge in [-0.05, 0) is 56.1 Å². The Kier molecular flexibility index (Phi) is 6.30. The number of anilines is 1. The van der Waals surface area contributed by atoms with E-state index in [9.17, 15) is 9.59 Å². The van der Waals surface area contributed by atoms with Crippen molar-refractivity contribution in [2.24, 2.45) is 13.0 Å². The number of amides is 1. The molecule has 31 heavy (non-hydrogen) atoms. The van der Waals surface area contributed by atoms with Gasteiger partial charge in [-0.25, -0.2) is 4.68 Å². The zero-order valence-electron chi connectivity index (χ0n) is 17.8. The maximum Gasteiger partial charge on any atom is 0.295 e. The summed E-state index contributed by atoms with van der Waals surface area (Å²) in [5.74, 6) is -0.251. The van der Waals surface area contributed by atoms with Gasteiger partial charge >= 0.3 is 0 Å². The average molecular weight is 439 g/mol. The van der Waals surface area contributed by atoms with Crippen LogP contribution in [0, 0.1) is 12.8 Å². The molecule has 1 atom stereocenters. The summed E-state index contributed by atoms with van der Waals surface area (Å²) < 4.78 is 3.36. The molecule has 0 spiro atoms. The summed E-state index contributed by atoms with van der Waals surface area (Å²) in [5, 5.41) is 3.65. The number of benzene rings is 2. The zero-order chi connectivity index (χ0) is 22.0. The first-order chi connectivity index (χ1) is 14.9. The number of para-hydroxylation sites is 1. The number of rotatable bonds is 5. The number of carbonyl (C=O) groups excluding carboxylic acids is 1. The highest BCUT2D eigenvalue weighted by molar-refractivity contribution is 6.30. The van der Waals surface area contributed by atoms with Crippen molar-refractivity contribution in [2.75, 3.05) is 18.4 Å². The molecule has 4 rings (SSSR count). The average Bonchev–Trinajstić information content (AvgIpc) is 2.97. The van der Waals surface area contributed by atoms with Crippen molar-refractivity contribution in [3.05, 3.63) is 81.2 Å². The summed E-state index contributed by atoms with van der Waals surface area (Å²) in [4.78, 5) is 28.4. The predicted octanol–water partition coefficient (Wildman–Crippen LogP) is 3.99. The molecule has 0 aliphatic carbocycles. The molecule has 1 aromatic heterocycles. The van der Waals surface area contributed by atoms with Crippen LogP contribution in [-0.2, 0) is 18.4 Å². The Morgan fingerprint density at radius 3 is 2.68 bits per heavy atom. The molecule has 1 aliphatic heterocycles. The number of likely N-dealkylation sites (tertiary alicyclic amines) is 1. The second-order valence-corrected chi connectivity index (χ2v) is 8.57. The molecular formula is C24H27ClN4O2. The minimum Gasteiger partial charge on any atom is -0.320 e. The van der Waals surface area contributed by atoms with Crippen molar-refractivity contribution in [3.63, 3.8) is 0 Å². The Morgan fingerprint density at radius 2 is 1.94 bits per heavy atom. The largest absolute Gasteiger partial charge is 0.320 e. The van der Waals surface area contributed by atoms with Crippen LogP contribution in [0.15, 0.2) is 59.4 Å². The third-order valence-electron chi connectivity index (χ3n) is 5.97. The number of piperidine rings is 1. The molecular weight excluding hydrogens is 412 g/mol. The molecule has 1 aliphatic rings. The summed E-state index contributed by atoms with van der Waals surface area (Å²) in [7, 11) is 1.83. The van der Waals surface area contributed by atoms with Gasteiger partial charge in [0.05, 0.1) is 17.3 Å². The standard InChI is InChI=1S/C24H27ClN4O2/c1-17-22(24(31)29(27(17)2)21-11-4-3-5-12-21)26-23(30)19-9-7-13-28(16-19)15-18-8-6-10-20(25)14-18/h3-6,8,10-12,14,19H,7,9,13,15-16H2,1-2H3,(H,26,30). The number of aromatic nitrogens is 2. The van der Waals surface area contributed by atoms with Gasteiger partial charge in [0.15, 0.2) is 0 Å². The smallest absolute Gasteiger partial charge is 0.295 e. The zero-order valence-corrected chi connectivity index (χ0v) is 18.6. The van der Waals surface area contributed by atoms with Crippen LogP contribution in [0.3, 0.4) is 0 Å². The number of hydrogen-bond acceptors (Lipinski definition) is 3. The lowest BCUT2D eigenvalue weighted by molar-refractivity contribution is -0.121. The topological polar surface area (TPSA) is 59.3 Å². The third-order valence-corrected chi connectivity index (χ3v) is 6.21. The van der Waals surface area contributed by atoms with Gasteiger partial charge in [0, 0.05) is 25.2 Å². The minimum atomic E-state index is -0.217. The van der Waals surface area contributed by atoms with E-state index in [1.54, 1.807) is 9.36 Å². The van der Waals surface area contributed by atoms with Crippen LogP contribution in [-0.4, -0.2) is 33.3 Å². The van der Waals surface area contributed by atoms with Crippen molar-refractivity contribution in [3.8, 4) is 5.69 Å². The van der Waals surface area contributed by atoms with Gasteiger partial charge in [-0.3, -0.25) is 19.2 Å². The van der Waals surface area contributed by atoms with E-state index in [2.05, 4.69) is 16.3 Å². The van der Waals surface area contributed by atoms with E-state index >= 15 is 0 Å². The first kappa shape index (κ1) is 21.4. The van der Waals surface area contributed by atoms with Crippen molar-refractivity contribution < 1.29 is 4.79 Å². The van der Waals surface area contributed by atoms with Crippen molar-refractivity contribution in [1.29, 1.82) is 0 Å². The molecule has 0 radical (unpaired) electrons. The Morgan fingerprint density at radius 1 is 1.16 bits per heavy atom. The summed E-state index contributed by atoms with van der Waals surface area (Å²) >= 11 is 6.10. The normalized spacial score (nSPS) is 16.9. The maximum atomic E-state index is 13.1. The summed E-state index contributed by atoms with van der Waals surface area (Å²) in [6, 6.07) is 17.3. The maximum absolute atomic E-state index is 13.1. The van der Waals surface area contributed by atoms with Crippen LogP contribution in [0.5, 0.6) is 0 Å². The third kappa shape index (κ3) is 4.60. The van der Waals surface area contributed by atoms with Gasteiger partial charge in [0.2, 0.25) is 5.91 Å². The number of carbonyl (C=O) groups is 1. The highest BCUT2D eigenvalue weighted by Crippen LogP contribution is 2.22. The van der Waals surface area contributed by atoms with E-state index in [-0.39, 0.29) is 17.4 Å². The Hall–Kier alpha value is -2.83. The first-order valence-electron chi connectivity index (χ1n) is 10.6. The fourth-order valence-electron chi connectivity index (χ4n) is 4.24. The van der Waals surface area contributed by atoms with Crippen LogP contribution in [0.1, 0.15) is 24.1 Å². The van der Waals surface area contributed by atoms with E-state index in [4.69, 9.17) is 11.6 Å². The van der Waals surface area contributed by atoms with Gasteiger partial charge in [-0.15, -0.1) is 0 Å². The second kappa shape index (κ2) is 9.12. The predicted molar refractivity (Wildman–Crippen MR) is 124 cm³/mol. The van der Waals surface area contributed by atoms with Crippen LogP contribution in [0.25, 0.3) is 5.69 Å². The van der Waals surface area contributed by atoms with Crippen LogP contribution in [0.2, 0.25) is 5.02 Å². The minimum absolute atomic E-state index is 0.0956. The van der Waals surface area contributed by atoms with Gasteiger partial charge in [-0.1, -0.05) is 41.9 Å². The van der Waals surface area contributed by atoms with Gasteiger partial charge in [-0.2, -0.15) is 0 Å². The fourth-order valence-corrected chi connectivity index (χ4v) is 4.46. The number of hydrogen-bond donors (Lipinski definition) is 1. The van der Waals surface area contributed by atoms with Crippen LogP contribution >= 0.6 is 11.6 Å². The Labute approximate surface area is 187 Å². The molecule has 2 heterocycles. The number of nitrogens with zero attached hydrogens (tertiary/aromatic N) is 3. The SMILES string of the molecule is Cc1c(NC(=O)C2CCCN(Cc3cccc(Cl)c3)C2)c(=O)n(-c2ccccc2)n1C. The Balaban J connectivity index is 1.49. The molecule has 6 nitrogen and oxygen atoms in total. The summed E-state index contributed by atoms with van der Waals surface area (Å²) in [6.45, 7) is 4.22. The second-order valence-electron chi connectivity index (χ2n) is 8.13. The van der Waals surface area contributed by atoms with Crippen LogP contribution < -0.4 is 10.9 Å². The lowest BCUT2D eigenvalue weighted by atomic mass is 9.96. The quantitative estimate of drug-likeness (QED) is 0.655. The molecule has 162 valence electrons. The molecule has 1 fully saturated rings. The highest BCUT2D eigenvalue weighted by Gasteiger charge is 2.28. The summed E-state index contributed by atoms with van der Waals surface area (Å²) in [5.41, 5.74) is 2.77.